The number of aryl methyl sites for hydroxylation is 1. The average molecular weight is 230 g/mol. The highest BCUT2D eigenvalue weighted by molar-refractivity contribution is 7.99. The number of rotatable bonds is 4. The fourth-order valence-corrected chi connectivity index (χ4v) is 2.54. The minimum absolute atomic E-state index is 0.662. The summed E-state index contributed by atoms with van der Waals surface area (Å²) in [6.07, 6.45) is 2.47. The van der Waals surface area contributed by atoms with Crippen LogP contribution in [0.5, 0.6) is 0 Å². The van der Waals surface area contributed by atoms with E-state index in [0.717, 1.165) is 5.75 Å². The number of halogens is 1. The Hall–Kier alpha value is -0.340. The third kappa shape index (κ3) is 3.10. The van der Waals surface area contributed by atoms with Gasteiger partial charge in [-0.05, 0) is 36.8 Å². The van der Waals surface area contributed by atoms with Gasteiger partial charge in [0, 0.05) is 4.90 Å². The van der Waals surface area contributed by atoms with Gasteiger partial charge in [-0.15, -0.1) is 11.8 Å². The van der Waals surface area contributed by atoms with Crippen molar-refractivity contribution in [2.45, 2.75) is 31.6 Å². The normalized spacial score (nSPS) is 10.5. The number of anilines is 1. The zero-order chi connectivity index (χ0) is 10.6. The Kier molecular flexibility index (Phi) is 4.63. The molecule has 0 radical (unpaired) electrons. The number of hydrogen-bond acceptors (Lipinski definition) is 2. The summed E-state index contributed by atoms with van der Waals surface area (Å²) in [5.74, 6) is 1.15. The molecule has 0 aliphatic rings. The van der Waals surface area contributed by atoms with Crippen molar-refractivity contribution < 1.29 is 0 Å². The highest BCUT2D eigenvalue weighted by Gasteiger charge is 2.03. The molecule has 3 heteroatoms. The molecule has 0 fully saturated rings. The van der Waals surface area contributed by atoms with E-state index < -0.39 is 0 Å². The van der Waals surface area contributed by atoms with E-state index in [2.05, 4.69) is 13.8 Å². The molecule has 0 saturated carbocycles. The second kappa shape index (κ2) is 5.52. The first-order chi connectivity index (χ1) is 6.65. The zero-order valence-electron chi connectivity index (χ0n) is 8.64. The molecule has 0 saturated heterocycles. The first-order valence-corrected chi connectivity index (χ1v) is 6.20. The number of benzene rings is 1. The topological polar surface area (TPSA) is 26.0 Å². The van der Waals surface area contributed by atoms with Gasteiger partial charge in [-0.25, -0.2) is 0 Å². The first kappa shape index (κ1) is 11.7. The molecular formula is C11H16ClNS. The summed E-state index contributed by atoms with van der Waals surface area (Å²) < 4.78 is 0. The summed E-state index contributed by atoms with van der Waals surface area (Å²) in [5, 5.41) is 0.662. The molecule has 0 aromatic heterocycles. The van der Waals surface area contributed by atoms with Crippen molar-refractivity contribution in [2.24, 2.45) is 0 Å². The number of unbranched alkanes of at least 4 members (excludes halogenated alkanes) is 1. The van der Waals surface area contributed by atoms with Crippen LogP contribution >= 0.6 is 23.4 Å². The van der Waals surface area contributed by atoms with Gasteiger partial charge in [-0.1, -0.05) is 24.9 Å². The van der Waals surface area contributed by atoms with E-state index in [4.69, 9.17) is 17.3 Å². The van der Waals surface area contributed by atoms with E-state index >= 15 is 0 Å². The van der Waals surface area contributed by atoms with E-state index in [1.807, 2.05) is 23.9 Å². The van der Waals surface area contributed by atoms with Crippen molar-refractivity contribution in [3.05, 3.63) is 22.7 Å². The van der Waals surface area contributed by atoms with Crippen molar-refractivity contribution in [3.8, 4) is 0 Å². The van der Waals surface area contributed by atoms with Gasteiger partial charge in [0.2, 0.25) is 0 Å². The molecule has 78 valence electrons. The number of hydrogen-bond donors (Lipinski definition) is 1. The Balaban J connectivity index is 2.72. The van der Waals surface area contributed by atoms with Gasteiger partial charge < -0.3 is 5.73 Å². The molecule has 0 aliphatic heterocycles. The monoisotopic (exact) mass is 229 g/mol. The molecule has 1 aromatic rings. The standard InChI is InChI=1S/C11H16ClNS/c1-3-4-5-14-11-7-9(12)10(13)6-8(11)2/h6-7H,3-5,13H2,1-2H3. The van der Waals surface area contributed by atoms with Crippen molar-refractivity contribution in [1.82, 2.24) is 0 Å². The second-order valence-corrected chi connectivity index (χ2v) is 4.89. The van der Waals surface area contributed by atoms with Crippen LogP contribution < -0.4 is 5.73 Å². The van der Waals surface area contributed by atoms with E-state index in [9.17, 15) is 0 Å². The molecule has 14 heavy (non-hydrogen) atoms. The van der Waals surface area contributed by atoms with Gasteiger partial charge in [0.15, 0.2) is 0 Å². The zero-order valence-corrected chi connectivity index (χ0v) is 10.2. The SMILES string of the molecule is CCCCSc1cc(Cl)c(N)cc1C. The lowest BCUT2D eigenvalue weighted by molar-refractivity contribution is 0.896. The van der Waals surface area contributed by atoms with Gasteiger partial charge in [0.1, 0.15) is 0 Å². The highest BCUT2D eigenvalue weighted by Crippen LogP contribution is 2.30. The van der Waals surface area contributed by atoms with Crippen LogP contribution in [0.25, 0.3) is 0 Å². The molecule has 1 rings (SSSR count). The van der Waals surface area contributed by atoms with Crippen molar-refractivity contribution in [1.29, 1.82) is 0 Å². The van der Waals surface area contributed by atoms with Gasteiger partial charge in [0.05, 0.1) is 10.7 Å². The molecule has 0 amide bonds. The quantitative estimate of drug-likeness (QED) is 0.478. The molecule has 1 nitrogen and oxygen atoms in total. The van der Waals surface area contributed by atoms with Crippen molar-refractivity contribution >= 4 is 29.1 Å². The van der Waals surface area contributed by atoms with Gasteiger partial charge in [-0.3, -0.25) is 0 Å². The minimum Gasteiger partial charge on any atom is -0.398 e. The molecule has 0 unspecified atom stereocenters. The van der Waals surface area contributed by atoms with E-state index in [0.29, 0.717) is 10.7 Å². The fraction of sp³-hybridized carbons (Fsp3) is 0.455. The predicted molar refractivity (Wildman–Crippen MR) is 66.2 cm³/mol. The minimum atomic E-state index is 0.662. The van der Waals surface area contributed by atoms with Gasteiger partial charge in [-0.2, -0.15) is 0 Å². The lowest BCUT2D eigenvalue weighted by atomic mass is 10.2. The smallest absolute Gasteiger partial charge is 0.0646 e. The second-order valence-electron chi connectivity index (χ2n) is 3.34. The van der Waals surface area contributed by atoms with Gasteiger partial charge in [0.25, 0.3) is 0 Å². The number of thioether (sulfide) groups is 1. The average Bonchev–Trinajstić information content (AvgIpc) is 2.14. The van der Waals surface area contributed by atoms with Crippen LogP contribution in [0.2, 0.25) is 5.02 Å². The largest absolute Gasteiger partial charge is 0.398 e. The Morgan fingerprint density at radius 1 is 1.43 bits per heavy atom. The van der Waals surface area contributed by atoms with Crippen molar-refractivity contribution in [2.75, 3.05) is 11.5 Å². The molecule has 1 aromatic carbocycles. The van der Waals surface area contributed by atoms with E-state index in [-0.39, 0.29) is 0 Å². The van der Waals surface area contributed by atoms with Crippen LogP contribution in [0.15, 0.2) is 17.0 Å². The first-order valence-electron chi connectivity index (χ1n) is 4.83. The lowest BCUT2D eigenvalue weighted by Gasteiger charge is -2.07. The van der Waals surface area contributed by atoms with E-state index in [1.54, 1.807) is 0 Å². The van der Waals surface area contributed by atoms with Crippen LogP contribution in [-0.4, -0.2) is 5.75 Å². The molecule has 0 aliphatic carbocycles. The van der Waals surface area contributed by atoms with Crippen LogP contribution in [0, 0.1) is 6.92 Å². The summed E-state index contributed by atoms with van der Waals surface area (Å²) in [7, 11) is 0. The molecule has 0 bridgehead atoms. The third-order valence-electron chi connectivity index (χ3n) is 2.05. The maximum atomic E-state index is 5.96. The maximum absolute atomic E-state index is 5.96. The van der Waals surface area contributed by atoms with Crippen LogP contribution in [0.1, 0.15) is 25.3 Å². The summed E-state index contributed by atoms with van der Waals surface area (Å²) in [6.45, 7) is 4.27. The predicted octanol–water partition coefficient (Wildman–Crippen LogP) is 4.12. The molecular weight excluding hydrogens is 214 g/mol. The highest BCUT2D eigenvalue weighted by atomic mass is 35.5. The Morgan fingerprint density at radius 3 is 2.79 bits per heavy atom. The van der Waals surface area contributed by atoms with E-state index in [1.165, 1.54) is 23.3 Å². The fourth-order valence-electron chi connectivity index (χ4n) is 1.17. The lowest BCUT2D eigenvalue weighted by Crippen LogP contribution is -1.90. The third-order valence-corrected chi connectivity index (χ3v) is 3.62. The molecule has 2 N–H and O–H groups in total. The Morgan fingerprint density at radius 2 is 2.14 bits per heavy atom. The summed E-state index contributed by atoms with van der Waals surface area (Å²) in [6, 6.07) is 3.91. The Bertz CT molecular complexity index is 312. The molecule has 0 heterocycles. The number of nitrogen functional groups attached to an aromatic ring is 1. The maximum Gasteiger partial charge on any atom is 0.0646 e. The summed E-state index contributed by atoms with van der Waals surface area (Å²) in [5.41, 5.74) is 7.59. The van der Waals surface area contributed by atoms with Crippen LogP contribution in [0.4, 0.5) is 5.69 Å². The summed E-state index contributed by atoms with van der Waals surface area (Å²) in [4.78, 5) is 1.25. The van der Waals surface area contributed by atoms with Gasteiger partial charge >= 0.3 is 0 Å². The Labute approximate surface area is 95.0 Å². The van der Waals surface area contributed by atoms with Crippen LogP contribution in [-0.2, 0) is 0 Å². The van der Waals surface area contributed by atoms with Crippen LogP contribution in [0.3, 0.4) is 0 Å². The van der Waals surface area contributed by atoms with Crippen molar-refractivity contribution in [3.63, 3.8) is 0 Å². The molecule has 0 spiro atoms. The number of nitrogens with two attached hydrogens (primary N) is 1. The summed E-state index contributed by atoms with van der Waals surface area (Å²) >= 11 is 7.81. The molecule has 0 atom stereocenters.